The van der Waals surface area contributed by atoms with Crippen LogP contribution >= 0.6 is 0 Å². The number of para-hydroxylation sites is 1. The monoisotopic (exact) mass is 371 g/mol. The standard InChI is InChI=1S/C24H25N3O/c1-14-13-19(18-8-5-7-16-10-12-26-22(16)18)17(9-6-11-25)20-15(2)23(28)24(3,4)27-21(14)20/h5-10,12-13,15,23,26-28H,1-4H3/b9-6+/t15-,23+/m0/s1. The average molecular weight is 371 g/mol. The third-order valence-corrected chi connectivity index (χ3v) is 5.92. The van der Waals surface area contributed by atoms with Crippen LogP contribution in [0, 0.1) is 18.3 Å². The van der Waals surface area contributed by atoms with Crippen LogP contribution in [0.4, 0.5) is 5.69 Å². The topological polar surface area (TPSA) is 71.8 Å². The van der Waals surface area contributed by atoms with Crippen LogP contribution in [0.25, 0.3) is 28.1 Å². The number of hydrogen-bond donors (Lipinski definition) is 3. The van der Waals surface area contributed by atoms with Crippen LogP contribution in [-0.4, -0.2) is 21.7 Å². The molecule has 3 N–H and O–H groups in total. The van der Waals surface area contributed by atoms with Crippen LogP contribution < -0.4 is 5.32 Å². The molecule has 2 atom stereocenters. The van der Waals surface area contributed by atoms with Crippen LogP contribution in [-0.2, 0) is 0 Å². The number of allylic oxidation sites excluding steroid dienone is 1. The highest BCUT2D eigenvalue weighted by Gasteiger charge is 2.40. The number of aliphatic hydroxyl groups is 1. The Labute approximate surface area is 165 Å². The van der Waals surface area contributed by atoms with Crippen LogP contribution in [0.5, 0.6) is 0 Å². The zero-order chi connectivity index (χ0) is 20.1. The maximum absolute atomic E-state index is 10.9. The average Bonchev–Trinajstić information content (AvgIpc) is 3.14. The molecule has 3 aromatic rings. The number of aliphatic hydroxyl groups excluding tert-OH is 1. The van der Waals surface area contributed by atoms with Gasteiger partial charge in [-0.3, -0.25) is 0 Å². The van der Waals surface area contributed by atoms with Crippen molar-refractivity contribution in [3.8, 4) is 17.2 Å². The molecule has 4 rings (SSSR count). The lowest BCUT2D eigenvalue weighted by Gasteiger charge is -2.44. The first-order chi connectivity index (χ1) is 13.3. The molecule has 28 heavy (non-hydrogen) atoms. The summed E-state index contributed by atoms with van der Waals surface area (Å²) < 4.78 is 0. The highest BCUT2D eigenvalue weighted by atomic mass is 16.3. The molecule has 4 nitrogen and oxygen atoms in total. The molecule has 2 heterocycles. The number of nitrogens with one attached hydrogen (secondary N) is 2. The summed E-state index contributed by atoms with van der Waals surface area (Å²) in [5.74, 6) is -0.0638. The third kappa shape index (κ3) is 2.71. The van der Waals surface area contributed by atoms with E-state index in [-0.39, 0.29) is 5.92 Å². The van der Waals surface area contributed by atoms with Gasteiger partial charge >= 0.3 is 0 Å². The van der Waals surface area contributed by atoms with E-state index in [0.717, 1.165) is 44.4 Å². The normalized spacial score (nSPS) is 20.7. The minimum atomic E-state index is -0.537. The smallest absolute Gasteiger partial charge is 0.0912 e. The van der Waals surface area contributed by atoms with Crippen molar-refractivity contribution in [3.05, 3.63) is 59.3 Å². The van der Waals surface area contributed by atoms with Crippen molar-refractivity contribution in [2.24, 2.45) is 0 Å². The number of aryl methyl sites for hydroxylation is 1. The zero-order valence-electron chi connectivity index (χ0n) is 16.7. The van der Waals surface area contributed by atoms with Crippen LogP contribution in [0.2, 0.25) is 0 Å². The van der Waals surface area contributed by atoms with Gasteiger partial charge in [0, 0.05) is 29.4 Å². The van der Waals surface area contributed by atoms with Crippen molar-refractivity contribution >= 4 is 22.7 Å². The summed E-state index contributed by atoms with van der Waals surface area (Å²) in [4.78, 5) is 3.35. The lowest BCUT2D eigenvalue weighted by molar-refractivity contribution is 0.0868. The van der Waals surface area contributed by atoms with Crippen LogP contribution in [0.1, 0.15) is 43.4 Å². The van der Waals surface area contributed by atoms with Gasteiger partial charge < -0.3 is 15.4 Å². The molecule has 0 radical (unpaired) electrons. The molecule has 0 saturated carbocycles. The Morgan fingerprint density at radius 1 is 1.21 bits per heavy atom. The first-order valence-electron chi connectivity index (χ1n) is 9.61. The van der Waals surface area contributed by atoms with Gasteiger partial charge in [0.1, 0.15) is 0 Å². The van der Waals surface area contributed by atoms with Crippen molar-refractivity contribution in [3.63, 3.8) is 0 Å². The Balaban J connectivity index is 2.07. The molecule has 1 aliphatic heterocycles. The number of nitrogens with zero attached hydrogens (tertiary/aromatic N) is 1. The summed E-state index contributed by atoms with van der Waals surface area (Å²) in [6.45, 7) is 8.21. The maximum Gasteiger partial charge on any atom is 0.0912 e. The molecular formula is C24H25N3O. The van der Waals surface area contributed by atoms with Crippen molar-refractivity contribution in [2.45, 2.75) is 45.3 Å². The van der Waals surface area contributed by atoms with E-state index in [1.54, 1.807) is 0 Å². The highest BCUT2D eigenvalue weighted by molar-refractivity contribution is 5.98. The molecule has 2 aromatic carbocycles. The first-order valence-corrected chi connectivity index (χ1v) is 9.61. The maximum atomic E-state index is 10.9. The quantitative estimate of drug-likeness (QED) is 0.532. The second-order valence-corrected chi connectivity index (χ2v) is 8.23. The molecule has 0 bridgehead atoms. The fraction of sp³-hybridized carbons (Fsp3) is 0.292. The summed E-state index contributed by atoms with van der Waals surface area (Å²) in [5, 5.41) is 24.8. The summed E-state index contributed by atoms with van der Waals surface area (Å²) >= 11 is 0. The van der Waals surface area contributed by atoms with Gasteiger partial charge in [-0.1, -0.05) is 25.1 Å². The number of benzene rings is 2. The second-order valence-electron chi connectivity index (χ2n) is 8.23. The Morgan fingerprint density at radius 3 is 2.75 bits per heavy atom. The van der Waals surface area contributed by atoms with E-state index < -0.39 is 11.6 Å². The number of H-pyrrole nitrogens is 1. The highest BCUT2D eigenvalue weighted by Crippen LogP contribution is 2.46. The second kappa shape index (κ2) is 6.54. The molecule has 0 saturated heterocycles. The lowest BCUT2D eigenvalue weighted by atomic mass is 9.74. The summed E-state index contributed by atoms with van der Waals surface area (Å²) in [6, 6.07) is 12.6. The Morgan fingerprint density at radius 2 is 2.00 bits per heavy atom. The van der Waals surface area contributed by atoms with Gasteiger partial charge in [0.2, 0.25) is 0 Å². The molecule has 142 valence electrons. The minimum Gasteiger partial charge on any atom is -0.390 e. The van der Waals surface area contributed by atoms with Crippen molar-refractivity contribution in [1.29, 1.82) is 5.26 Å². The number of anilines is 1. The van der Waals surface area contributed by atoms with E-state index in [1.165, 1.54) is 6.08 Å². The molecule has 4 heteroatoms. The summed E-state index contributed by atoms with van der Waals surface area (Å²) in [6.07, 6.45) is 4.80. The van der Waals surface area contributed by atoms with E-state index in [0.29, 0.717) is 0 Å². The van der Waals surface area contributed by atoms with E-state index >= 15 is 0 Å². The zero-order valence-corrected chi connectivity index (χ0v) is 16.7. The molecule has 1 aromatic heterocycles. The molecule has 0 spiro atoms. The largest absolute Gasteiger partial charge is 0.390 e. The number of fused-ring (bicyclic) bond motifs is 2. The Kier molecular flexibility index (Phi) is 4.28. The molecule has 0 aliphatic carbocycles. The van der Waals surface area contributed by atoms with Crippen molar-refractivity contribution < 1.29 is 5.11 Å². The third-order valence-electron chi connectivity index (χ3n) is 5.92. The fourth-order valence-corrected chi connectivity index (χ4v) is 4.51. The Hall–Kier alpha value is -3.03. The summed E-state index contributed by atoms with van der Waals surface area (Å²) in [5.41, 5.74) is 7.06. The number of aromatic nitrogens is 1. The molecular weight excluding hydrogens is 346 g/mol. The van der Waals surface area contributed by atoms with Crippen LogP contribution in [0.15, 0.2) is 42.6 Å². The van der Waals surface area contributed by atoms with Crippen molar-refractivity contribution in [1.82, 2.24) is 4.98 Å². The van der Waals surface area contributed by atoms with Gasteiger partial charge in [-0.2, -0.15) is 5.26 Å². The predicted molar refractivity (Wildman–Crippen MR) is 115 cm³/mol. The van der Waals surface area contributed by atoms with Gasteiger partial charge in [0.25, 0.3) is 0 Å². The van der Waals surface area contributed by atoms with Gasteiger partial charge in [-0.25, -0.2) is 0 Å². The Bertz CT molecular complexity index is 1130. The number of nitriles is 1. The number of rotatable bonds is 2. The predicted octanol–water partition coefficient (Wildman–Crippen LogP) is 5.35. The molecule has 1 aliphatic rings. The first kappa shape index (κ1) is 18.3. The molecule has 0 amide bonds. The minimum absolute atomic E-state index is 0.0638. The molecule has 0 unspecified atom stereocenters. The van der Waals surface area contributed by atoms with Gasteiger partial charge in [-0.05, 0) is 66.6 Å². The van der Waals surface area contributed by atoms with Crippen LogP contribution in [0.3, 0.4) is 0 Å². The van der Waals surface area contributed by atoms with Crippen molar-refractivity contribution in [2.75, 3.05) is 5.32 Å². The van der Waals surface area contributed by atoms with E-state index in [1.807, 2.05) is 26.1 Å². The fourth-order valence-electron chi connectivity index (χ4n) is 4.51. The van der Waals surface area contributed by atoms with E-state index in [4.69, 9.17) is 0 Å². The van der Waals surface area contributed by atoms with Gasteiger partial charge in [0.15, 0.2) is 0 Å². The van der Waals surface area contributed by atoms with E-state index in [9.17, 15) is 10.4 Å². The SMILES string of the molecule is Cc1cc(-c2cccc3cc[nH]c23)c(/C=C/C#N)c2c1NC(C)(C)[C@H](O)[C@H]2C. The van der Waals surface area contributed by atoms with Gasteiger partial charge in [0.05, 0.1) is 23.2 Å². The lowest BCUT2D eigenvalue weighted by Crippen LogP contribution is -2.50. The number of aromatic amines is 1. The number of hydrogen-bond acceptors (Lipinski definition) is 3. The molecule has 0 fully saturated rings. The van der Waals surface area contributed by atoms with Gasteiger partial charge in [-0.15, -0.1) is 0 Å². The van der Waals surface area contributed by atoms with E-state index in [2.05, 4.69) is 60.5 Å². The summed E-state index contributed by atoms with van der Waals surface area (Å²) in [7, 11) is 0.